The standard InChI is InChI=1S/C24H32N4O2/c1-19-25-13-21(14-26-19)23(29)28-16-22-15-27(11-6-12-30-2)17-24(22,18-28)10-9-20-7-4-3-5-8-20/h3-5,7-8,13-14,22H,6,9-12,15-18H2,1-2H3/t22-,24+/m0/s1. The number of nitrogens with zero attached hydrogens (tertiary/aromatic N) is 4. The molecule has 1 amide bonds. The number of likely N-dealkylation sites (tertiary alicyclic amines) is 2. The van der Waals surface area contributed by atoms with E-state index in [0.717, 1.165) is 58.6 Å². The Morgan fingerprint density at radius 1 is 1.17 bits per heavy atom. The summed E-state index contributed by atoms with van der Waals surface area (Å²) in [7, 11) is 1.76. The molecule has 4 rings (SSSR count). The van der Waals surface area contributed by atoms with Gasteiger partial charge in [0.25, 0.3) is 5.91 Å². The Morgan fingerprint density at radius 2 is 1.93 bits per heavy atom. The molecule has 0 radical (unpaired) electrons. The van der Waals surface area contributed by atoms with E-state index in [9.17, 15) is 4.79 Å². The van der Waals surface area contributed by atoms with Gasteiger partial charge in [0.1, 0.15) is 5.82 Å². The summed E-state index contributed by atoms with van der Waals surface area (Å²) >= 11 is 0. The number of benzene rings is 1. The molecule has 160 valence electrons. The highest BCUT2D eigenvalue weighted by Gasteiger charge is 2.52. The first-order chi connectivity index (χ1) is 14.6. The van der Waals surface area contributed by atoms with Crippen molar-refractivity contribution >= 4 is 5.91 Å². The second kappa shape index (κ2) is 9.23. The van der Waals surface area contributed by atoms with Gasteiger partial charge in [-0.2, -0.15) is 0 Å². The number of methoxy groups -OCH3 is 1. The lowest BCUT2D eigenvalue weighted by atomic mass is 9.76. The molecule has 0 spiro atoms. The first-order valence-electron chi connectivity index (χ1n) is 10.9. The molecule has 2 saturated heterocycles. The van der Waals surface area contributed by atoms with Crippen molar-refractivity contribution in [2.75, 3.05) is 46.4 Å². The van der Waals surface area contributed by atoms with Crippen molar-refractivity contribution in [3.8, 4) is 0 Å². The van der Waals surface area contributed by atoms with Crippen LogP contribution in [0.3, 0.4) is 0 Å². The van der Waals surface area contributed by atoms with Crippen LogP contribution in [0.5, 0.6) is 0 Å². The first kappa shape index (κ1) is 20.9. The van der Waals surface area contributed by atoms with Crippen LogP contribution in [0.4, 0.5) is 0 Å². The Bertz CT molecular complexity index is 842. The monoisotopic (exact) mass is 408 g/mol. The van der Waals surface area contributed by atoms with Crippen molar-refractivity contribution in [3.05, 3.63) is 59.7 Å². The van der Waals surface area contributed by atoms with Gasteiger partial charge in [-0.05, 0) is 37.7 Å². The molecule has 2 aliphatic heterocycles. The van der Waals surface area contributed by atoms with E-state index in [0.29, 0.717) is 17.3 Å². The average molecular weight is 409 g/mol. The SMILES string of the molecule is COCCCN1C[C@H]2CN(C(=O)c3cnc(C)nc3)C[C@@]2(CCc2ccccc2)C1. The molecule has 0 saturated carbocycles. The number of aromatic nitrogens is 2. The smallest absolute Gasteiger partial charge is 0.257 e. The maximum Gasteiger partial charge on any atom is 0.257 e. The molecule has 3 heterocycles. The molecule has 0 unspecified atom stereocenters. The van der Waals surface area contributed by atoms with E-state index in [1.807, 2.05) is 11.8 Å². The molecule has 6 nitrogen and oxygen atoms in total. The normalized spacial score (nSPS) is 23.7. The molecule has 30 heavy (non-hydrogen) atoms. The minimum atomic E-state index is 0.0643. The third-order valence-corrected chi connectivity index (χ3v) is 6.72. The lowest BCUT2D eigenvalue weighted by Crippen LogP contribution is -2.37. The van der Waals surface area contributed by atoms with Crippen molar-refractivity contribution in [1.29, 1.82) is 0 Å². The lowest BCUT2D eigenvalue weighted by molar-refractivity contribution is 0.0754. The zero-order valence-electron chi connectivity index (χ0n) is 18.1. The van der Waals surface area contributed by atoms with Crippen LogP contribution in [0.15, 0.2) is 42.7 Å². The van der Waals surface area contributed by atoms with Crippen LogP contribution in [-0.2, 0) is 11.2 Å². The molecule has 2 atom stereocenters. The van der Waals surface area contributed by atoms with E-state index in [-0.39, 0.29) is 11.3 Å². The molecule has 2 aromatic rings. The zero-order valence-corrected chi connectivity index (χ0v) is 18.1. The molecule has 6 heteroatoms. The van der Waals surface area contributed by atoms with Crippen LogP contribution < -0.4 is 0 Å². The average Bonchev–Trinajstić information content (AvgIpc) is 3.27. The molecule has 0 bridgehead atoms. The van der Waals surface area contributed by atoms with Crippen molar-refractivity contribution < 1.29 is 9.53 Å². The van der Waals surface area contributed by atoms with E-state index < -0.39 is 0 Å². The summed E-state index contributed by atoms with van der Waals surface area (Å²) in [5.74, 6) is 1.27. The summed E-state index contributed by atoms with van der Waals surface area (Å²) in [6.45, 7) is 7.47. The van der Waals surface area contributed by atoms with E-state index in [1.54, 1.807) is 19.5 Å². The predicted molar refractivity (Wildman–Crippen MR) is 116 cm³/mol. The number of carbonyl (C=O) groups is 1. The minimum absolute atomic E-state index is 0.0643. The highest BCUT2D eigenvalue weighted by molar-refractivity contribution is 5.93. The van der Waals surface area contributed by atoms with E-state index in [4.69, 9.17) is 4.74 Å². The van der Waals surface area contributed by atoms with Crippen LogP contribution >= 0.6 is 0 Å². The summed E-state index contributed by atoms with van der Waals surface area (Å²) in [4.78, 5) is 26.2. The van der Waals surface area contributed by atoms with Gasteiger partial charge < -0.3 is 14.5 Å². The fourth-order valence-corrected chi connectivity index (χ4v) is 5.13. The van der Waals surface area contributed by atoms with Crippen LogP contribution in [0.25, 0.3) is 0 Å². The van der Waals surface area contributed by atoms with Crippen LogP contribution in [0.1, 0.15) is 34.6 Å². The van der Waals surface area contributed by atoms with Gasteiger partial charge in [-0.25, -0.2) is 9.97 Å². The number of carbonyl (C=O) groups excluding carboxylic acids is 1. The quantitative estimate of drug-likeness (QED) is 0.629. The summed E-state index contributed by atoms with van der Waals surface area (Å²) in [5, 5.41) is 0. The maximum atomic E-state index is 13.1. The Balaban J connectivity index is 1.47. The minimum Gasteiger partial charge on any atom is -0.385 e. The molecule has 1 aromatic carbocycles. The largest absolute Gasteiger partial charge is 0.385 e. The van der Waals surface area contributed by atoms with Crippen molar-refractivity contribution in [3.63, 3.8) is 0 Å². The van der Waals surface area contributed by atoms with Crippen LogP contribution in [-0.4, -0.2) is 72.1 Å². The Labute approximate surface area is 179 Å². The number of ether oxygens (including phenoxy) is 1. The first-order valence-corrected chi connectivity index (χ1v) is 10.9. The number of rotatable bonds is 8. The van der Waals surface area contributed by atoms with E-state index in [2.05, 4.69) is 45.2 Å². The van der Waals surface area contributed by atoms with Gasteiger partial charge in [0, 0.05) is 64.2 Å². The van der Waals surface area contributed by atoms with Crippen molar-refractivity contribution in [2.24, 2.45) is 11.3 Å². The number of hydrogen-bond donors (Lipinski definition) is 0. The molecule has 2 fully saturated rings. The second-order valence-electron chi connectivity index (χ2n) is 8.83. The molecular formula is C24H32N4O2. The highest BCUT2D eigenvalue weighted by atomic mass is 16.5. The molecular weight excluding hydrogens is 376 g/mol. The van der Waals surface area contributed by atoms with Gasteiger partial charge >= 0.3 is 0 Å². The zero-order chi connectivity index (χ0) is 21.0. The van der Waals surface area contributed by atoms with Gasteiger partial charge in [0.05, 0.1) is 5.56 Å². The lowest BCUT2D eigenvalue weighted by Gasteiger charge is -2.30. The molecule has 1 aromatic heterocycles. The fraction of sp³-hybridized carbons (Fsp3) is 0.542. The van der Waals surface area contributed by atoms with E-state index in [1.165, 1.54) is 5.56 Å². The maximum absolute atomic E-state index is 13.1. The van der Waals surface area contributed by atoms with Gasteiger partial charge in [0.15, 0.2) is 0 Å². The third kappa shape index (κ3) is 4.55. The number of fused-ring (bicyclic) bond motifs is 1. The third-order valence-electron chi connectivity index (χ3n) is 6.72. The van der Waals surface area contributed by atoms with Gasteiger partial charge in [-0.3, -0.25) is 4.79 Å². The fourth-order valence-electron chi connectivity index (χ4n) is 5.13. The molecule has 0 N–H and O–H groups in total. The highest BCUT2D eigenvalue weighted by Crippen LogP contribution is 2.46. The summed E-state index contributed by atoms with van der Waals surface area (Å²) < 4.78 is 5.24. The molecule has 0 aliphatic carbocycles. The van der Waals surface area contributed by atoms with Gasteiger partial charge in [0.2, 0.25) is 0 Å². The number of aryl methyl sites for hydroxylation is 2. The number of amides is 1. The Hall–Kier alpha value is -2.31. The Morgan fingerprint density at radius 3 is 2.67 bits per heavy atom. The Kier molecular flexibility index (Phi) is 6.44. The second-order valence-corrected chi connectivity index (χ2v) is 8.83. The topological polar surface area (TPSA) is 58.6 Å². The molecule has 2 aliphatic rings. The summed E-state index contributed by atoms with van der Waals surface area (Å²) in [6, 6.07) is 10.7. The van der Waals surface area contributed by atoms with Crippen molar-refractivity contribution in [2.45, 2.75) is 26.2 Å². The van der Waals surface area contributed by atoms with E-state index >= 15 is 0 Å². The summed E-state index contributed by atoms with van der Waals surface area (Å²) in [6.07, 6.45) is 6.54. The van der Waals surface area contributed by atoms with Gasteiger partial charge in [-0.15, -0.1) is 0 Å². The van der Waals surface area contributed by atoms with Gasteiger partial charge in [-0.1, -0.05) is 30.3 Å². The number of hydrogen-bond acceptors (Lipinski definition) is 5. The van der Waals surface area contributed by atoms with Crippen molar-refractivity contribution in [1.82, 2.24) is 19.8 Å². The summed E-state index contributed by atoms with van der Waals surface area (Å²) in [5.41, 5.74) is 2.13. The predicted octanol–water partition coefficient (Wildman–Crippen LogP) is 2.83. The van der Waals surface area contributed by atoms with Crippen LogP contribution in [0.2, 0.25) is 0 Å². The van der Waals surface area contributed by atoms with Crippen LogP contribution in [0, 0.1) is 18.3 Å².